The van der Waals surface area contributed by atoms with Gasteiger partial charge in [-0.05, 0) is 42.7 Å². The molecule has 4 rings (SSSR count). The average Bonchev–Trinajstić information content (AvgIpc) is 3.25. The molecule has 22 heavy (non-hydrogen) atoms. The molecule has 2 N–H and O–H groups in total. The number of amides is 2. The number of hydrogen-bond donors (Lipinski definition) is 2. The van der Waals surface area contributed by atoms with E-state index in [9.17, 15) is 9.59 Å². The molecule has 1 fully saturated rings. The zero-order chi connectivity index (χ0) is 15.2. The number of rotatable bonds is 2. The third kappa shape index (κ3) is 2.02. The van der Waals surface area contributed by atoms with E-state index in [-0.39, 0.29) is 11.3 Å². The summed E-state index contributed by atoms with van der Waals surface area (Å²) in [5, 5.41) is 5.55. The number of para-hydroxylation sites is 1. The lowest BCUT2D eigenvalue weighted by molar-refractivity contribution is -0.117. The second-order valence-corrected chi connectivity index (χ2v) is 5.62. The highest BCUT2D eigenvalue weighted by Crippen LogP contribution is 2.55. The molecule has 1 heterocycles. The Hall–Kier alpha value is -2.82. The van der Waals surface area contributed by atoms with Crippen LogP contribution in [0.1, 0.15) is 18.4 Å². The number of carbonyl (C=O) groups excluding carboxylic acids is 2. The first kappa shape index (κ1) is 12.9. The monoisotopic (exact) mass is 294 g/mol. The maximum atomic E-state index is 12.0. The van der Waals surface area contributed by atoms with E-state index in [0.717, 1.165) is 24.1 Å². The molecular weight excluding hydrogens is 280 g/mol. The Morgan fingerprint density at radius 2 is 1.91 bits per heavy atom. The predicted molar refractivity (Wildman–Crippen MR) is 82.1 cm³/mol. The van der Waals surface area contributed by atoms with Gasteiger partial charge in [0.1, 0.15) is 5.75 Å². The van der Waals surface area contributed by atoms with Gasteiger partial charge in [-0.3, -0.25) is 10.1 Å². The van der Waals surface area contributed by atoms with Crippen molar-refractivity contribution in [3.05, 3.63) is 54.1 Å². The molecule has 0 aromatic heterocycles. The van der Waals surface area contributed by atoms with Gasteiger partial charge in [0, 0.05) is 11.4 Å². The number of hydrogen-bond acceptors (Lipinski definition) is 3. The smallest absolute Gasteiger partial charge is 0.410 e. The molecule has 2 aromatic rings. The Balaban J connectivity index is 1.50. The van der Waals surface area contributed by atoms with Crippen molar-refractivity contribution in [3.63, 3.8) is 0 Å². The molecule has 1 spiro atoms. The topological polar surface area (TPSA) is 67.4 Å². The fourth-order valence-electron chi connectivity index (χ4n) is 2.87. The lowest BCUT2D eigenvalue weighted by atomic mass is 9.98. The standard InChI is InChI=1S/C17H14N2O3/c20-15-17(8-9-17)13-7-6-11(10-14(13)19-15)18-16(21)22-12-4-2-1-3-5-12/h1-7,10H,8-9H2,(H,18,21)(H,19,20). The van der Waals surface area contributed by atoms with Crippen LogP contribution in [0.2, 0.25) is 0 Å². The first-order chi connectivity index (χ1) is 10.7. The van der Waals surface area contributed by atoms with E-state index in [0.29, 0.717) is 11.4 Å². The molecule has 2 aliphatic rings. The van der Waals surface area contributed by atoms with Crippen LogP contribution in [0.3, 0.4) is 0 Å². The average molecular weight is 294 g/mol. The van der Waals surface area contributed by atoms with E-state index in [1.165, 1.54) is 0 Å². The van der Waals surface area contributed by atoms with Crippen LogP contribution in [0.15, 0.2) is 48.5 Å². The molecule has 5 nitrogen and oxygen atoms in total. The summed E-state index contributed by atoms with van der Waals surface area (Å²) in [5.74, 6) is 0.540. The van der Waals surface area contributed by atoms with Gasteiger partial charge in [-0.1, -0.05) is 24.3 Å². The quantitative estimate of drug-likeness (QED) is 0.893. The van der Waals surface area contributed by atoms with E-state index in [2.05, 4.69) is 10.6 Å². The fraction of sp³-hybridized carbons (Fsp3) is 0.176. The Kier molecular flexibility index (Phi) is 2.69. The van der Waals surface area contributed by atoms with Gasteiger partial charge in [0.05, 0.1) is 5.41 Å². The van der Waals surface area contributed by atoms with E-state index >= 15 is 0 Å². The molecule has 1 aliphatic carbocycles. The van der Waals surface area contributed by atoms with Crippen molar-refractivity contribution >= 4 is 23.4 Å². The van der Waals surface area contributed by atoms with Gasteiger partial charge in [-0.25, -0.2) is 4.79 Å². The number of anilines is 2. The van der Waals surface area contributed by atoms with Crippen molar-refractivity contribution in [2.24, 2.45) is 0 Å². The van der Waals surface area contributed by atoms with Gasteiger partial charge in [-0.15, -0.1) is 0 Å². The molecule has 0 unspecified atom stereocenters. The molecular formula is C17H14N2O3. The largest absolute Gasteiger partial charge is 0.417 e. The van der Waals surface area contributed by atoms with Crippen LogP contribution in [0.25, 0.3) is 0 Å². The molecule has 5 heteroatoms. The summed E-state index contributed by atoms with van der Waals surface area (Å²) < 4.78 is 5.17. The number of benzene rings is 2. The fourth-order valence-corrected chi connectivity index (χ4v) is 2.87. The first-order valence-corrected chi connectivity index (χ1v) is 7.17. The number of nitrogens with one attached hydrogen (secondary N) is 2. The van der Waals surface area contributed by atoms with Crippen molar-refractivity contribution < 1.29 is 14.3 Å². The second kappa shape index (κ2) is 4.59. The summed E-state index contributed by atoms with van der Waals surface area (Å²) in [7, 11) is 0. The minimum absolute atomic E-state index is 0.0616. The van der Waals surface area contributed by atoms with Gasteiger partial charge in [0.15, 0.2) is 0 Å². The lowest BCUT2D eigenvalue weighted by Crippen LogP contribution is -2.18. The van der Waals surface area contributed by atoms with Crippen LogP contribution >= 0.6 is 0 Å². The first-order valence-electron chi connectivity index (χ1n) is 7.17. The molecule has 1 saturated carbocycles. The normalized spacial score (nSPS) is 16.8. The second-order valence-electron chi connectivity index (χ2n) is 5.62. The van der Waals surface area contributed by atoms with E-state index in [1.807, 2.05) is 12.1 Å². The summed E-state index contributed by atoms with van der Waals surface area (Å²) in [6.07, 6.45) is 1.24. The van der Waals surface area contributed by atoms with Crippen LogP contribution in [0.5, 0.6) is 5.75 Å². The van der Waals surface area contributed by atoms with Crippen molar-refractivity contribution in [1.29, 1.82) is 0 Å². The zero-order valence-corrected chi connectivity index (χ0v) is 11.8. The Morgan fingerprint density at radius 3 is 2.64 bits per heavy atom. The molecule has 0 bridgehead atoms. The summed E-state index contributed by atoms with van der Waals surface area (Å²) in [6, 6.07) is 14.3. The summed E-state index contributed by atoms with van der Waals surface area (Å²) in [4.78, 5) is 23.8. The third-order valence-electron chi connectivity index (χ3n) is 4.17. The van der Waals surface area contributed by atoms with Crippen molar-refractivity contribution in [3.8, 4) is 5.75 Å². The van der Waals surface area contributed by atoms with Gasteiger partial charge < -0.3 is 10.1 Å². The SMILES string of the molecule is O=C(Nc1ccc2c(c1)NC(=O)C21CC1)Oc1ccccc1. The van der Waals surface area contributed by atoms with E-state index < -0.39 is 6.09 Å². The lowest BCUT2D eigenvalue weighted by Gasteiger charge is -2.09. The van der Waals surface area contributed by atoms with E-state index in [1.54, 1.807) is 36.4 Å². The minimum atomic E-state index is -0.559. The highest BCUT2D eigenvalue weighted by molar-refractivity contribution is 6.09. The number of carbonyl (C=O) groups is 2. The van der Waals surface area contributed by atoms with Crippen LogP contribution in [0, 0.1) is 0 Å². The van der Waals surface area contributed by atoms with Gasteiger partial charge >= 0.3 is 6.09 Å². The zero-order valence-electron chi connectivity index (χ0n) is 11.8. The van der Waals surface area contributed by atoms with Crippen LogP contribution in [0.4, 0.5) is 16.2 Å². The Morgan fingerprint density at radius 1 is 1.14 bits per heavy atom. The summed E-state index contributed by atoms with van der Waals surface area (Å²) in [6.45, 7) is 0. The molecule has 1 aliphatic heterocycles. The molecule has 0 saturated heterocycles. The number of fused-ring (bicyclic) bond motifs is 2. The van der Waals surface area contributed by atoms with Gasteiger partial charge in [0.2, 0.25) is 5.91 Å². The summed E-state index contributed by atoms with van der Waals surface area (Å²) in [5.41, 5.74) is 2.09. The third-order valence-corrected chi connectivity index (χ3v) is 4.17. The van der Waals surface area contributed by atoms with Crippen molar-refractivity contribution in [1.82, 2.24) is 0 Å². The maximum absolute atomic E-state index is 12.0. The highest BCUT2D eigenvalue weighted by Gasteiger charge is 2.56. The molecule has 2 aromatic carbocycles. The maximum Gasteiger partial charge on any atom is 0.417 e. The molecule has 2 amide bonds. The minimum Gasteiger partial charge on any atom is -0.410 e. The van der Waals surface area contributed by atoms with Gasteiger partial charge in [-0.2, -0.15) is 0 Å². The van der Waals surface area contributed by atoms with Crippen LogP contribution in [-0.4, -0.2) is 12.0 Å². The van der Waals surface area contributed by atoms with Crippen molar-refractivity contribution in [2.75, 3.05) is 10.6 Å². The summed E-state index contributed by atoms with van der Waals surface area (Å²) >= 11 is 0. The van der Waals surface area contributed by atoms with Crippen molar-refractivity contribution in [2.45, 2.75) is 18.3 Å². The molecule has 110 valence electrons. The Labute approximate surface area is 127 Å². The molecule has 0 radical (unpaired) electrons. The Bertz CT molecular complexity index is 767. The number of ether oxygens (including phenoxy) is 1. The predicted octanol–water partition coefficient (Wildman–Crippen LogP) is 3.28. The van der Waals surface area contributed by atoms with Gasteiger partial charge in [0.25, 0.3) is 0 Å². The highest BCUT2D eigenvalue weighted by atomic mass is 16.6. The van der Waals surface area contributed by atoms with Crippen LogP contribution < -0.4 is 15.4 Å². The van der Waals surface area contributed by atoms with E-state index in [4.69, 9.17) is 4.74 Å². The molecule has 0 atom stereocenters. The van der Waals surface area contributed by atoms with Crippen LogP contribution in [-0.2, 0) is 10.2 Å².